The smallest absolute Gasteiger partial charge is 0.177 e. The molecule has 0 saturated carbocycles. The molecule has 3 heteroatoms. The molecule has 1 aliphatic carbocycles. The number of hydrogen-bond acceptors (Lipinski definition) is 2. The number of ketones is 1. The molecule has 0 unspecified atom stereocenters. The highest BCUT2D eigenvalue weighted by molar-refractivity contribution is 6.87. The SMILES string of the molecule is C[C@@]1(O)C=CC(=O)C([Si](C)(C)C)=C1. The first-order chi connectivity index (χ1) is 5.72. The summed E-state index contributed by atoms with van der Waals surface area (Å²) in [5.41, 5.74) is -0.941. The Morgan fingerprint density at radius 1 is 1.38 bits per heavy atom. The molecule has 0 aliphatic heterocycles. The van der Waals surface area contributed by atoms with Gasteiger partial charge in [-0.05, 0) is 30.3 Å². The summed E-state index contributed by atoms with van der Waals surface area (Å²) < 4.78 is 0. The van der Waals surface area contributed by atoms with Gasteiger partial charge in [0.1, 0.15) is 0 Å². The summed E-state index contributed by atoms with van der Waals surface area (Å²) in [6.07, 6.45) is 4.72. The maximum Gasteiger partial charge on any atom is 0.177 e. The lowest BCUT2D eigenvalue weighted by atomic mass is 10.0. The second-order valence-corrected chi connectivity index (χ2v) is 9.77. The summed E-state index contributed by atoms with van der Waals surface area (Å²) in [7, 11) is -1.61. The molecule has 0 amide bonds. The number of carbonyl (C=O) groups is 1. The van der Waals surface area contributed by atoms with E-state index >= 15 is 0 Å². The molecule has 13 heavy (non-hydrogen) atoms. The molecule has 0 saturated heterocycles. The van der Waals surface area contributed by atoms with Gasteiger partial charge in [-0.3, -0.25) is 4.79 Å². The molecule has 0 aromatic rings. The van der Waals surface area contributed by atoms with E-state index in [9.17, 15) is 9.90 Å². The summed E-state index contributed by atoms with van der Waals surface area (Å²) >= 11 is 0. The van der Waals surface area contributed by atoms with Crippen LogP contribution in [0.5, 0.6) is 0 Å². The number of carbonyl (C=O) groups excluding carboxylic acids is 1. The lowest BCUT2D eigenvalue weighted by Crippen LogP contribution is -2.35. The Balaban J connectivity index is 3.10. The van der Waals surface area contributed by atoms with Crippen molar-refractivity contribution in [1.29, 1.82) is 0 Å². The van der Waals surface area contributed by atoms with Crippen LogP contribution in [0.2, 0.25) is 19.6 Å². The van der Waals surface area contributed by atoms with Crippen molar-refractivity contribution in [3.63, 3.8) is 0 Å². The molecule has 1 rings (SSSR count). The zero-order valence-corrected chi connectivity index (χ0v) is 9.59. The van der Waals surface area contributed by atoms with E-state index in [0.29, 0.717) is 0 Å². The lowest BCUT2D eigenvalue weighted by molar-refractivity contribution is -0.111. The van der Waals surface area contributed by atoms with Gasteiger partial charge in [-0.2, -0.15) is 0 Å². The Bertz CT molecular complexity index is 293. The van der Waals surface area contributed by atoms with Crippen molar-refractivity contribution in [3.8, 4) is 0 Å². The minimum absolute atomic E-state index is 0.0608. The minimum atomic E-state index is -1.61. The first-order valence-corrected chi connectivity index (χ1v) is 7.92. The highest BCUT2D eigenvalue weighted by Crippen LogP contribution is 2.24. The van der Waals surface area contributed by atoms with Crippen molar-refractivity contribution in [1.82, 2.24) is 0 Å². The van der Waals surface area contributed by atoms with E-state index in [1.165, 1.54) is 6.08 Å². The van der Waals surface area contributed by atoms with Gasteiger partial charge in [-0.25, -0.2) is 0 Å². The van der Waals surface area contributed by atoms with Crippen LogP contribution in [-0.4, -0.2) is 24.6 Å². The third-order valence-electron chi connectivity index (χ3n) is 2.08. The van der Waals surface area contributed by atoms with Crippen LogP contribution in [0.1, 0.15) is 6.92 Å². The van der Waals surface area contributed by atoms with Crippen LogP contribution >= 0.6 is 0 Å². The first-order valence-electron chi connectivity index (χ1n) is 4.42. The molecule has 1 N–H and O–H groups in total. The van der Waals surface area contributed by atoms with E-state index in [-0.39, 0.29) is 5.78 Å². The van der Waals surface area contributed by atoms with Crippen molar-refractivity contribution in [2.75, 3.05) is 0 Å². The Morgan fingerprint density at radius 2 is 1.92 bits per heavy atom. The fraction of sp³-hybridized carbons (Fsp3) is 0.500. The number of allylic oxidation sites excluding steroid dienone is 2. The molecule has 0 spiro atoms. The van der Waals surface area contributed by atoms with Crippen molar-refractivity contribution in [2.45, 2.75) is 32.2 Å². The van der Waals surface area contributed by atoms with Crippen LogP contribution in [0.3, 0.4) is 0 Å². The van der Waals surface area contributed by atoms with E-state index in [4.69, 9.17) is 0 Å². The van der Waals surface area contributed by atoms with Gasteiger partial charge in [-0.15, -0.1) is 0 Å². The largest absolute Gasteiger partial charge is 0.382 e. The van der Waals surface area contributed by atoms with Crippen LogP contribution in [-0.2, 0) is 4.79 Å². The normalized spacial score (nSPS) is 29.0. The van der Waals surface area contributed by atoms with Gasteiger partial charge in [0.25, 0.3) is 0 Å². The summed E-state index contributed by atoms with van der Waals surface area (Å²) in [6.45, 7) is 8.00. The second-order valence-electron chi connectivity index (χ2n) is 4.73. The number of aliphatic hydroxyl groups is 1. The van der Waals surface area contributed by atoms with Gasteiger partial charge >= 0.3 is 0 Å². The van der Waals surface area contributed by atoms with E-state index in [1.54, 1.807) is 19.1 Å². The summed E-state index contributed by atoms with van der Waals surface area (Å²) in [5, 5.41) is 10.6. The number of hydrogen-bond donors (Lipinski definition) is 1. The Hall–Kier alpha value is -0.673. The van der Waals surface area contributed by atoms with Gasteiger partial charge in [0.05, 0.1) is 13.7 Å². The molecular formula is C10H16O2Si. The zero-order chi connectivity index (χ0) is 10.3. The van der Waals surface area contributed by atoms with Crippen molar-refractivity contribution in [3.05, 3.63) is 23.4 Å². The van der Waals surface area contributed by atoms with Crippen LogP contribution < -0.4 is 0 Å². The fourth-order valence-corrected chi connectivity index (χ4v) is 2.88. The molecule has 1 atom stereocenters. The van der Waals surface area contributed by atoms with Crippen molar-refractivity contribution in [2.24, 2.45) is 0 Å². The molecular weight excluding hydrogens is 180 g/mol. The molecule has 0 heterocycles. The molecule has 2 nitrogen and oxygen atoms in total. The average molecular weight is 196 g/mol. The van der Waals surface area contributed by atoms with Crippen molar-refractivity contribution >= 4 is 13.9 Å². The van der Waals surface area contributed by atoms with E-state index < -0.39 is 13.7 Å². The number of rotatable bonds is 1. The maximum atomic E-state index is 11.5. The van der Waals surface area contributed by atoms with Gasteiger partial charge in [0.2, 0.25) is 0 Å². The van der Waals surface area contributed by atoms with Crippen LogP contribution in [0.25, 0.3) is 0 Å². The summed E-state index contributed by atoms with van der Waals surface area (Å²) in [6, 6.07) is 0. The van der Waals surface area contributed by atoms with Gasteiger partial charge in [-0.1, -0.05) is 19.6 Å². The molecule has 0 aromatic heterocycles. The van der Waals surface area contributed by atoms with E-state index in [0.717, 1.165) is 5.20 Å². The molecule has 0 radical (unpaired) electrons. The highest BCUT2D eigenvalue weighted by atomic mass is 28.3. The van der Waals surface area contributed by atoms with Crippen LogP contribution in [0, 0.1) is 0 Å². The monoisotopic (exact) mass is 196 g/mol. The Kier molecular flexibility index (Phi) is 2.34. The molecule has 0 aromatic carbocycles. The lowest BCUT2D eigenvalue weighted by Gasteiger charge is -2.26. The van der Waals surface area contributed by atoms with Crippen LogP contribution in [0.15, 0.2) is 23.4 Å². The van der Waals surface area contributed by atoms with Gasteiger partial charge in [0, 0.05) is 0 Å². The van der Waals surface area contributed by atoms with E-state index in [1.807, 2.05) is 0 Å². The Morgan fingerprint density at radius 3 is 2.31 bits per heavy atom. The molecule has 0 bridgehead atoms. The Labute approximate surface area is 80.0 Å². The fourth-order valence-electron chi connectivity index (χ4n) is 1.33. The van der Waals surface area contributed by atoms with Gasteiger partial charge < -0.3 is 5.11 Å². The minimum Gasteiger partial charge on any atom is -0.382 e. The van der Waals surface area contributed by atoms with E-state index in [2.05, 4.69) is 19.6 Å². The molecule has 72 valence electrons. The highest BCUT2D eigenvalue weighted by Gasteiger charge is 2.30. The summed E-state index contributed by atoms with van der Waals surface area (Å²) in [4.78, 5) is 11.5. The predicted molar refractivity (Wildman–Crippen MR) is 56.2 cm³/mol. The second kappa shape index (κ2) is 2.92. The first kappa shape index (κ1) is 10.4. The average Bonchev–Trinajstić information content (AvgIpc) is 1.92. The van der Waals surface area contributed by atoms with Crippen LogP contribution in [0.4, 0.5) is 0 Å². The molecule has 0 fully saturated rings. The van der Waals surface area contributed by atoms with Crippen molar-refractivity contribution < 1.29 is 9.90 Å². The van der Waals surface area contributed by atoms with Gasteiger partial charge in [0.15, 0.2) is 5.78 Å². The topological polar surface area (TPSA) is 37.3 Å². The zero-order valence-electron chi connectivity index (χ0n) is 8.59. The quantitative estimate of drug-likeness (QED) is 0.648. The standard InChI is InChI=1S/C10H16O2Si/c1-10(12)6-5-8(11)9(7-10)13(2,3)4/h5-7,12H,1-4H3/t10-/m1/s1. The summed E-state index contributed by atoms with van der Waals surface area (Å²) in [5.74, 6) is 0.0608. The molecule has 1 aliphatic rings. The maximum absolute atomic E-state index is 11.5. The predicted octanol–water partition coefficient (Wildman–Crippen LogP) is 1.68. The third kappa shape index (κ3) is 2.38. The third-order valence-corrected chi connectivity index (χ3v) is 4.09.